The molecule has 1 N–H and O–H groups in total. The van der Waals surface area contributed by atoms with Crippen molar-refractivity contribution >= 4 is 33.2 Å². The Balaban J connectivity index is 1.22. The fourth-order valence-electron chi connectivity index (χ4n) is 7.81. The number of likely N-dealkylation sites (tertiary alicyclic amines) is 1. The second kappa shape index (κ2) is 15.5. The Morgan fingerprint density at radius 3 is 2.53 bits per heavy atom. The van der Waals surface area contributed by atoms with E-state index in [1.807, 2.05) is 22.9 Å². The van der Waals surface area contributed by atoms with Gasteiger partial charge in [-0.2, -0.15) is 12.7 Å². The van der Waals surface area contributed by atoms with Gasteiger partial charge < -0.3 is 23.5 Å². The highest BCUT2D eigenvalue weighted by Crippen LogP contribution is 2.48. The number of benzene rings is 2. The average Bonchev–Trinajstić information content (AvgIpc) is 3.67. The first kappa shape index (κ1) is 37.1. The van der Waals surface area contributed by atoms with E-state index in [4.69, 9.17) is 18.9 Å². The summed E-state index contributed by atoms with van der Waals surface area (Å²) in [5, 5.41) is 1.20. The number of para-hydroxylation sites is 1. The number of aromatic nitrogens is 1. The number of fused-ring (bicyclic) bond motifs is 5. The Hall–Kier alpha value is -3.65. The molecule has 3 aliphatic rings. The van der Waals surface area contributed by atoms with Gasteiger partial charge in [-0.05, 0) is 82.7 Å². The maximum Gasteiger partial charge on any atom is 0.422 e. The van der Waals surface area contributed by atoms with Crippen molar-refractivity contribution in [1.82, 2.24) is 18.5 Å². The number of amides is 1. The Morgan fingerprint density at radius 1 is 1.02 bits per heavy atom. The van der Waals surface area contributed by atoms with Gasteiger partial charge in [-0.3, -0.25) is 4.90 Å². The molecule has 1 saturated carbocycles. The van der Waals surface area contributed by atoms with Gasteiger partial charge in [0.15, 0.2) is 0 Å². The first-order chi connectivity index (χ1) is 24.4. The third kappa shape index (κ3) is 8.37. The maximum absolute atomic E-state index is 13.2. The summed E-state index contributed by atoms with van der Waals surface area (Å²) in [6, 6.07) is 14.2. The molecule has 51 heavy (non-hydrogen) atoms. The van der Waals surface area contributed by atoms with Crippen molar-refractivity contribution in [2.75, 3.05) is 47.0 Å². The summed E-state index contributed by atoms with van der Waals surface area (Å²) in [6.07, 6.45) is 6.41. The van der Waals surface area contributed by atoms with E-state index >= 15 is 0 Å². The Kier molecular flexibility index (Phi) is 11.3. The van der Waals surface area contributed by atoms with Crippen LogP contribution in [0.2, 0.25) is 0 Å². The third-order valence-corrected chi connectivity index (χ3v) is 11.7. The van der Waals surface area contributed by atoms with Gasteiger partial charge in [0.1, 0.15) is 24.1 Å². The number of ether oxygens (including phenoxy) is 4. The van der Waals surface area contributed by atoms with E-state index in [0.717, 1.165) is 53.3 Å². The number of nitrogens with one attached hydrogen (secondary N) is 1. The number of methoxy groups -OCH3 is 1. The normalized spacial score (nSPS) is 20.3. The first-order valence-electron chi connectivity index (χ1n) is 18.1. The van der Waals surface area contributed by atoms with Crippen LogP contribution in [-0.4, -0.2) is 99.0 Å². The molecule has 2 fully saturated rings. The number of esters is 1. The van der Waals surface area contributed by atoms with Crippen molar-refractivity contribution in [2.24, 2.45) is 0 Å². The number of nitrogens with zero attached hydrogens (tertiary/aromatic N) is 3. The van der Waals surface area contributed by atoms with Crippen LogP contribution in [0.1, 0.15) is 87.6 Å². The predicted molar refractivity (Wildman–Crippen MR) is 195 cm³/mol. The molecular weight excluding hydrogens is 673 g/mol. The Labute approximate surface area is 301 Å². The van der Waals surface area contributed by atoms with Gasteiger partial charge >= 0.3 is 22.3 Å². The second-order valence-electron chi connectivity index (χ2n) is 14.9. The molecule has 0 radical (unpaired) electrons. The van der Waals surface area contributed by atoms with E-state index in [1.165, 1.54) is 44.4 Å². The van der Waals surface area contributed by atoms with Gasteiger partial charge in [0.2, 0.25) is 0 Å². The molecule has 1 unspecified atom stereocenters. The van der Waals surface area contributed by atoms with E-state index in [0.29, 0.717) is 43.5 Å². The van der Waals surface area contributed by atoms with Crippen LogP contribution in [0.15, 0.2) is 42.5 Å². The van der Waals surface area contributed by atoms with E-state index in [2.05, 4.69) is 33.7 Å². The molecule has 278 valence electrons. The molecule has 2 atom stereocenters. The number of hydrogen-bond acceptors (Lipinski definition) is 9. The summed E-state index contributed by atoms with van der Waals surface area (Å²) in [5.74, 6) is 0.611. The van der Waals surface area contributed by atoms with Crippen molar-refractivity contribution in [3.05, 3.63) is 53.6 Å². The lowest BCUT2D eigenvalue weighted by atomic mass is 9.81. The maximum atomic E-state index is 13.2. The SMILES string of the molecule is COC(=O)c1cccc2c1-c1c(C3CCCCC3)c3ccccc3n1C[C@H](OCC1CCCN1CCN(C)S(=O)(=O)NC(=O)OC(C)(C)C)CO2. The summed E-state index contributed by atoms with van der Waals surface area (Å²) in [6.45, 7) is 7.84. The van der Waals surface area contributed by atoms with Crippen LogP contribution in [0.5, 0.6) is 5.75 Å². The lowest BCUT2D eigenvalue weighted by molar-refractivity contribution is -0.0142. The van der Waals surface area contributed by atoms with E-state index < -0.39 is 27.9 Å². The molecule has 6 rings (SSSR count). The lowest BCUT2D eigenvalue weighted by Gasteiger charge is -2.31. The predicted octanol–water partition coefficient (Wildman–Crippen LogP) is 6.09. The van der Waals surface area contributed by atoms with Crippen molar-refractivity contribution < 1.29 is 37.0 Å². The molecule has 1 aromatic heterocycles. The number of rotatable bonds is 10. The standard InChI is InChI=1S/C38H52N4O8S/c1-38(2,3)50-37(44)39-51(45,46)40(4)21-22-41-20-12-15-27(41)24-48-28-23-42-31-18-10-9-16-29(31)33(26-13-7-6-8-14-26)35(42)34-30(36(43)47-5)17-11-19-32(34)49-25-28/h9-11,16-19,26-28H,6-8,12-15,20-25H2,1-5H3,(H,39,44)/t27?,28-/m0/s1. The van der Waals surface area contributed by atoms with Gasteiger partial charge in [0, 0.05) is 37.1 Å². The highest BCUT2D eigenvalue weighted by atomic mass is 32.2. The average molecular weight is 725 g/mol. The van der Waals surface area contributed by atoms with Crippen molar-refractivity contribution in [1.29, 1.82) is 0 Å². The summed E-state index contributed by atoms with van der Waals surface area (Å²) in [7, 11) is -1.20. The number of carbonyl (C=O) groups is 2. The highest BCUT2D eigenvalue weighted by molar-refractivity contribution is 7.87. The van der Waals surface area contributed by atoms with Crippen LogP contribution in [0.4, 0.5) is 4.79 Å². The molecule has 1 saturated heterocycles. The summed E-state index contributed by atoms with van der Waals surface area (Å²) >= 11 is 0. The smallest absolute Gasteiger partial charge is 0.422 e. The molecular formula is C38H52N4O8S. The second-order valence-corrected chi connectivity index (χ2v) is 16.7. The zero-order chi connectivity index (χ0) is 36.3. The zero-order valence-electron chi connectivity index (χ0n) is 30.5. The third-order valence-electron chi connectivity index (χ3n) is 10.2. The van der Waals surface area contributed by atoms with Gasteiger partial charge in [-0.1, -0.05) is 43.5 Å². The minimum atomic E-state index is -4.06. The van der Waals surface area contributed by atoms with E-state index in [-0.39, 0.29) is 18.7 Å². The van der Waals surface area contributed by atoms with E-state index in [1.54, 1.807) is 20.8 Å². The van der Waals surface area contributed by atoms with Gasteiger partial charge in [0.25, 0.3) is 0 Å². The van der Waals surface area contributed by atoms with Crippen LogP contribution in [-0.2, 0) is 31.0 Å². The van der Waals surface area contributed by atoms with Crippen molar-refractivity contribution in [2.45, 2.75) is 95.9 Å². The lowest BCUT2D eigenvalue weighted by Crippen LogP contribution is -2.47. The minimum Gasteiger partial charge on any atom is -0.490 e. The molecule has 12 nitrogen and oxygen atoms in total. The molecule has 2 aliphatic heterocycles. The molecule has 1 amide bonds. The van der Waals surface area contributed by atoms with Crippen LogP contribution >= 0.6 is 0 Å². The molecule has 0 bridgehead atoms. The van der Waals surface area contributed by atoms with Gasteiger partial charge in [0.05, 0.1) is 37.1 Å². The van der Waals surface area contributed by atoms with Crippen molar-refractivity contribution in [3.63, 3.8) is 0 Å². The van der Waals surface area contributed by atoms with Gasteiger partial charge in [-0.15, -0.1) is 0 Å². The fraction of sp³-hybridized carbons (Fsp3) is 0.579. The highest BCUT2D eigenvalue weighted by Gasteiger charge is 2.34. The summed E-state index contributed by atoms with van der Waals surface area (Å²) in [4.78, 5) is 27.6. The van der Waals surface area contributed by atoms with Crippen LogP contribution < -0.4 is 9.46 Å². The molecule has 2 aromatic carbocycles. The largest absolute Gasteiger partial charge is 0.490 e. The molecule has 3 heterocycles. The quantitative estimate of drug-likeness (QED) is 0.247. The number of hydrogen-bond donors (Lipinski definition) is 1. The topological polar surface area (TPSA) is 129 Å². The number of carbonyl (C=O) groups excluding carboxylic acids is 2. The Morgan fingerprint density at radius 2 is 1.78 bits per heavy atom. The van der Waals surface area contributed by atoms with Gasteiger partial charge in [-0.25, -0.2) is 14.3 Å². The van der Waals surface area contributed by atoms with Crippen LogP contribution in [0.25, 0.3) is 22.2 Å². The summed E-state index contributed by atoms with van der Waals surface area (Å²) < 4.78 is 54.7. The van der Waals surface area contributed by atoms with Crippen LogP contribution in [0.3, 0.4) is 0 Å². The number of likely N-dealkylation sites (N-methyl/N-ethyl adjacent to an activating group) is 1. The monoisotopic (exact) mass is 724 g/mol. The van der Waals surface area contributed by atoms with E-state index in [9.17, 15) is 18.0 Å². The molecule has 0 spiro atoms. The summed E-state index contributed by atoms with van der Waals surface area (Å²) in [5.41, 5.74) is 3.85. The first-order valence-corrected chi connectivity index (χ1v) is 19.6. The zero-order valence-corrected chi connectivity index (χ0v) is 31.3. The fourth-order valence-corrected chi connectivity index (χ4v) is 8.54. The molecule has 13 heteroatoms. The minimum absolute atomic E-state index is 0.0993. The molecule has 1 aliphatic carbocycles. The van der Waals surface area contributed by atoms with Crippen molar-refractivity contribution in [3.8, 4) is 17.0 Å². The Bertz CT molecular complexity index is 1830. The molecule has 3 aromatic rings. The van der Waals surface area contributed by atoms with Crippen LogP contribution in [0, 0.1) is 0 Å².